The lowest BCUT2D eigenvalue weighted by molar-refractivity contribution is -0.143. The third-order valence-electron chi connectivity index (χ3n) is 5.17. The van der Waals surface area contributed by atoms with Gasteiger partial charge in [0.2, 0.25) is 0 Å². The number of benzene rings is 1. The fourth-order valence-electron chi connectivity index (χ4n) is 3.66. The fraction of sp³-hybridized carbons (Fsp3) is 0.611. The smallest absolute Gasteiger partial charge is 0.306 e. The van der Waals surface area contributed by atoms with Crippen molar-refractivity contribution in [1.82, 2.24) is 10.2 Å². The van der Waals surface area contributed by atoms with Crippen LogP contribution in [0.25, 0.3) is 0 Å². The topological polar surface area (TPSA) is 61.8 Å². The molecule has 2 aliphatic heterocycles. The first-order chi connectivity index (χ1) is 12.0. The number of nitrogens with one attached hydrogen (secondary N) is 1. The molecule has 0 unspecified atom stereocenters. The number of rotatable bonds is 4. The Morgan fingerprint density at radius 2 is 2.04 bits per heavy atom. The number of nitrogens with zero attached hydrogens (tertiary/aromatic N) is 1. The molecule has 2 N–H and O–H groups in total. The Hall–Kier alpha value is -0.850. The zero-order valence-electron chi connectivity index (χ0n) is 14.1. The lowest BCUT2D eigenvalue weighted by atomic mass is 9.91. The van der Waals surface area contributed by atoms with Gasteiger partial charge in [0.1, 0.15) is 0 Å². The zero-order valence-corrected chi connectivity index (χ0v) is 15.6. The van der Waals surface area contributed by atoms with Crippen molar-refractivity contribution in [3.8, 4) is 0 Å². The summed E-state index contributed by atoms with van der Waals surface area (Å²) in [6.07, 6.45) is 1.46. The van der Waals surface area contributed by atoms with E-state index in [2.05, 4.69) is 10.2 Å². The van der Waals surface area contributed by atoms with E-state index in [9.17, 15) is 4.79 Å². The first-order valence-corrected chi connectivity index (χ1v) is 9.52. The Morgan fingerprint density at radius 3 is 2.72 bits per heavy atom. The standard InChI is InChI=1S/C18H24Cl2N2O3/c19-15-2-1-13(9-16(15)20)14-10-21-5-8-25-17(14)11-22-6-3-12(4-7-22)18(23)24/h1-2,9,12,14,17,21H,3-8,10-11H2,(H,23,24)/t14-,17+/m0/s1. The Kier molecular flexibility index (Phi) is 6.58. The minimum Gasteiger partial charge on any atom is -0.481 e. The molecule has 138 valence electrons. The second-order valence-corrected chi connectivity index (χ2v) is 7.62. The third-order valence-corrected chi connectivity index (χ3v) is 5.91. The second-order valence-electron chi connectivity index (χ2n) is 6.81. The summed E-state index contributed by atoms with van der Waals surface area (Å²) in [6, 6.07) is 5.77. The number of hydrogen-bond acceptors (Lipinski definition) is 4. The van der Waals surface area contributed by atoms with Crippen LogP contribution in [0.3, 0.4) is 0 Å². The predicted octanol–water partition coefficient (Wildman–Crippen LogP) is 2.86. The van der Waals surface area contributed by atoms with Gasteiger partial charge in [0.05, 0.1) is 28.7 Å². The van der Waals surface area contributed by atoms with Crippen LogP contribution in [0.4, 0.5) is 0 Å². The molecule has 0 aliphatic carbocycles. The normalized spacial score (nSPS) is 26.3. The molecule has 2 fully saturated rings. The van der Waals surface area contributed by atoms with E-state index in [1.165, 1.54) is 0 Å². The summed E-state index contributed by atoms with van der Waals surface area (Å²) >= 11 is 12.2. The van der Waals surface area contributed by atoms with E-state index in [4.69, 9.17) is 33.0 Å². The molecule has 1 aromatic rings. The van der Waals surface area contributed by atoms with Crippen LogP contribution in [0.1, 0.15) is 24.3 Å². The maximum absolute atomic E-state index is 11.1. The van der Waals surface area contributed by atoms with Crippen LogP contribution in [0.5, 0.6) is 0 Å². The number of hydrogen-bond donors (Lipinski definition) is 2. The minimum absolute atomic E-state index is 0.0496. The van der Waals surface area contributed by atoms with Crippen molar-refractivity contribution in [2.45, 2.75) is 24.9 Å². The molecule has 0 saturated carbocycles. The van der Waals surface area contributed by atoms with Crippen molar-refractivity contribution in [1.29, 1.82) is 0 Å². The monoisotopic (exact) mass is 386 g/mol. The number of piperidine rings is 1. The molecule has 2 aliphatic rings. The van der Waals surface area contributed by atoms with E-state index in [-0.39, 0.29) is 17.9 Å². The number of likely N-dealkylation sites (tertiary alicyclic amines) is 1. The molecular formula is C18H24Cl2N2O3. The average molecular weight is 387 g/mol. The fourth-order valence-corrected chi connectivity index (χ4v) is 3.97. The van der Waals surface area contributed by atoms with Gasteiger partial charge >= 0.3 is 5.97 Å². The van der Waals surface area contributed by atoms with Crippen molar-refractivity contribution >= 4 is 29.2 Å². The van der Waals surface area contributed by atoms with Gasteiger partial charge in [0.15, 0.2) is 0 Å². The van der Waals surface area contributed by atoms with Crippen LogP contribution >= 0.6 is 23.2 Å². The van der Waals surface area contributed by atoms with Gasteiger partial charge in [-0.25, -0.2) is 0 Å². The lowest BCUT2D eigenvalue weighted by Crippen LogP contribution is -2.43. The van der Waals surface area contributed by atoms with Crippen molar-refractivity contribution < 1.29 is 14.6 Å². The van der Waals surface area contributed by atoms with E-state index in [1.807, 2.05) is 18.2 Å². The molecule has 0 amide bonds. The first-order valence-electron chi connectivity index (χ1n) is 8.77. The van der Waals surface area contributed by atoms with Crippen LogP contribution in [0.2, 0.25) is 10.0 Å². The van der Waals surface area contributed by atoms with Crippen molar-refractivity contribution in [3.05, 3.63) is 33.8 Å². The lowest BCUT2D eigenvalue weighted by Gasteiger charge is -2.35. The average Bonchev–Trinajstić information content (AvgIpc) is 2.83. The molecule has 0 radical (unpaired) electrons. The van der Waals surface area contributed by atoms with E-state index in [1.54, 1.807) is 0 Å². The molecule has 25 heavy (non-hydrogen) atoms. The van der Waals surface area contributed by atoms with E-state index < -0.39 is 5.97 Å². The number of carboxylic acids is 1. The van der Waals surface area contributed by atoms with Crippen molar-refractivity contribution in [3.63, 3.8) is 0 Å². The summed E-state index contributed by atoms with van der Waals surface area (Å²) in [5, 5.41) is 13.7. The summed E-state index contributed by atoms with van der Waals surface area (Å²) in [6.45, 7) is 4.74. The van der Waals surface area contributed by atoms with Crippen LogP contribution in [0, 0.1) is 5.92 Å². The molecule has 1 aromatic carbocycles. The van der Waals surface area contributed by atoms with Crippen LogP contribution in [0.15, 0.2) is 18.2 Å². The molecule has 2 atom stereocenters. The van der Waals surface area contributed by atoms with Gasteiger partial charge in [0, 0.05) is 25.6 Å². The molecule has 5 nitrogen and oxygen atoms in total. The second kappa shape index (κ2) is 8.69. The Bertz CT molecular complexity index is 606. The van der Waals surface area contributed by atoms with E-state index in [0.717, 1.165) is 38.3 Å². The van der Waals surface area contributed by atoms with Crippen LogP contribution < -0.4 is 5.32 Å². The van der Waals surface area contributed by atoms with Gasteiger partial charge in [-0.2, -0.15) is 0 Å². The number of ether oxygens (including phenoxy) is 1. The maximum atomic E-state index is 11.1. The third kappa shape index (κ3) is 4.86. The largest absolute Gasteiger partial charge is 0.481 e. The van der Waals surface area contributed by atoms with Crippen molar-refractivity contribution in [2.24, 2.45) is 5.92 Å². The summed E-state index contributed by atoms with van der Waals surface area (Å²) in [5.74, 6) is -0.698. The molecule has 2 saturated heterocycles. The van der Waals surface area contributed by atoms with Gasteiger partial charge in [-0.3, -0.25) is 4.79 Å². The zero-order chi connectivity index (χ0) is 17.8. The Balaban J connectivity index is 1.68. The predicted molar refractivity (Wildman–Crippen MR) is 98.6 cm³/mol. The molecule has 0 bridgehead atoms. The maximum Gasteiger partial charge on any atom is 0.306 e. The number of carboxylic acid groups (broad SMARTS) is 1. The molecule has 7 heteroatoms. The number of halogens is 2. The molecule has 0 aromatic heterocycles. The molecular weight excluding hydrogens is 363 g/mol. The highest BCUT2D eigenvalue weighted by atomic mass is 35.5. The number of aliphatic carboxylic acids is 1. The first kappa shape index (κ1) is 18.9. The summed E-state index contributed by atoms with van der Waals surface area (Å²) in [4.78, 5) is 13.4. The minimum atomic E-state index is -0.678. The highest BCUT2D eigenvalue weighted by Gasteiger charge is 2.31. The van der Waals surface area contributed by atoms with Crippen LogP contribution in [-0.4, -0.2) is 61.4 Å². The van der Waals surface area contributed by atoms with Gasteiger partial charge in [-0.1, -0.05) is 29.3 Å². The van der Waals surface area contributed by atoms with Gasteiger partial charge in [-0.15, -0.1) is 0 Å². The Labute approximate surface area is 158 Å². The van der Waals surface area contributed by atoms with E-state index >= 15 is 0 Å². The summed E-state index contributed by atoms with van der Waals surface area (Å²) in [7, 11) is 0. The molecule has 3 rings (SSSR count). The number of carbonyl (C=O) groups is 1. The van der Waals surface area contributed by atoms with E-state index in [0.29, 0.717) is 29.5 Å². The van der Waals surface area contributed by atoms with Gasteiger partial charge in [-0.05, 0) is 43.6 Å². The highest BCUT2D eigenvalue weighted by Crippen LogP contribution is 2.30. The highest BCUT2D eigenvalue weighted by molar-refractivity contribution is 6.42. The van der Waals surface area contributed by atoms with Gasteiger partial charge in [0.25, 0.3) is 0 Å². The summed E-state index contributed by atoms with van der Waals surface area (Å²) in [5.41, 5.74) is 1.12. The van der Waals surface area contributed by atoms with Gasteiger partial charge < -0.3 is 20.1 Å². The summed E-state index contributed by atoms with van der Waals surface area (Å²) < 4.78 is 6.12. The quantitative estimate of drug-likeness (QED) is 0.832. The molecule has 2 heterocycles. The van der Waals surface area contributed by atoms with Crippen molar-refractivity contribution in [2.75, 3.05) is 39.3 Å². The Morgan fingerprint density at radius 1 is 1.28 bits per heavy atom. The SMILES string of the molecule is O=C(O)C1CCN(C[C@H]2OCCNC[C@H]2c2ccc(Cl)c(Cl)c2)CC1. The van der Waals surface area contributed by atoms with Crippen LogP contribution in [-0.2, 0) is 9.53 Å². The molecule has 0 spiro atoms.